The van der Waals surface area contributed by atoms with Gasteiger partial charge in [0, 0.05) is 0 Å². The van der Waals surface area contributed by atoms with Crippen molar-refractivity contribution in [1.29, 1.82) is 0 Å². The molecule has 3 nitrogen and oxygen atoms in total. The van der Waals surface area contributed by atoms with Crippen molar-refractivity contribution in [2.75, 3.05) is 0 Å². The van der Waals surface area contributed by atoms with E-state index in [1.165, 1.54) is 23.7 Å². The van der Waals surface area contributed by atoms with Crippen LogP contribution in [0.5, 0.6) is 0 Å². The fraction of sp³-hybridized carbons (Fsp3) is 0.353. The first-order valence-corrected chi connectivity index (χ1v) is 7.00. The summed E-state index contributed by atoms with van der Waals surface area (Å²) in [5.41, 5.74) is 3.32. The Morgan fingerprint density at radius 2 is 2.10 bits per heavy atom. The molecule has 1 aromatic carbocycles. The Kier molecular flexibility index (Phi) is 3.13. The first-order chi connectivity index (χ1) is 9.58. The molecule has 0 spiro atoms. The van der Waals surface area contributed by atoms with Crippen LogP contribution in [0.1, 0.15) is 54.2 Å². The Morgan fingerprint density at radius 1 is 1.30 bits per heavy atom. The third kappa shape index (κ3) is 2.24. The average Bonchev–Trinajstić information content (AvgIpc) is 2.96. The molecule has 1 heterocycles. The molecule has 3 rings (SSSR count). The van der Waals surface area contributed by atoms with Gasteiger partial charge in [0.2, 0.25) is 0 Å². The number of hydrogen-bond donors (Lipinski definition) is 1. The van der Waals surface area contributed by atoms with E-state index in [1.807, 2.05) is 6.07 Å². The van der Waals surface area contributed by atoms with Gasteiger partial charge in [0.25, 0.3) is 5.91 Å². The highest BCUT2D eigenvalue weighted by molar-refractivity contribution is 5.94. The molecule has 1 aromatic heterocycles. The second-order valence-electron chi connectivity index (χ2n) is 6.05. The summed E-state index contributed by atoms with van der Waals surface area (Å²) in [5.74, 6) is -0.0711. The van der Waals surface area contributed by atoms with Gasteiger partial charge in [-0.15, -0.1) is 0 Å². The van der Waals surface area contributed by atoms with Crippen molar-refractivity contribution in [2.24, 2.45) is 0 Å². The standard InChI is InChI=1S/C17H19NO2/c1-17(2)9-7-15(13-5-3-4-6-14(13)17)18-16(19)12-8-10-20-11-12/h3-6,8,10-11,15H,7,9H2,1-2H3,(H,18,19)/t15-/m0/s1. The largest absolute Gasteiger partial charge is 0.472 e. The zero-order chi connectivity index (χ0) is 14.2. The Morgan fingerprint density at radius 3 is 2.85 bits per heavy atom. The molecule has 0 radical (unpaired) electrons. The molecule has 0 unspecified atom stereocenters. The summed E-state index contributed by atoms with van der Waals surface area (Å²) in [6, 6.07) is 10.2. The van der Waals surface area contributed by atoms with Gasteiger partial charge < -0.3 is 9.73 Å². The zero-order valence-electron chi connectivity index (χ0n) is 11.8. The van der Waals surface area contributed by atoms with Crippen molar-refractivity contribution in [1.82, 2.24) is 5.32 Å². The number of carbonyl (C=O) groups is 1. The monoisotopic (exact) mass is 269 g/mol. The summed E-state index contributed by atoms with van der Waals surface area (Å²) in [7, 11) is 0. The van der Waals surface area contributed by atoms with E-state index in [0.29, 0.717) is 5.56 Å². The Labute approximate surface area is 119 Å². The van der Waals surface area contributed by atoms with Crippen LogP contribution < -0.4 is 5.32 Å². The van der Waals surface area contributed by atoms with Gasteiger partial charge in [-0.25, -0.2) is 0 Å². The van der Waals surface area contributed by atoms with Gasteiger partial charge in [0.05, 0.1) is 17.9 Å². The van der Waals surface area contributed by atoms with Crippen molar-refractivity contribution in [3.05, 3.63) is 59.5 Å². The SMILES string of the molecule is CC1(C)CC[C@H](NC(=O)c2ccoc2)c2ccccc21. The molecule has 0 saturated carbocycles. The summed E-state index contributed by atoms with van der Waals surface area (Å²) in [6.07, 6.45) is 5.04. The first-order valence-electron chi connectivity index (χ1n) is 7.00. The minimum Gasteiger partial charge on any atom is -0.472 e. The van der Waals surface area contributed by atoms with E-state index in [0.717, 1.165) is 12.8 Å². The van der Waals surface area contributed by atoms with Crippen LogP contribution in [0.3, 0.4) is 0 Å². The van der Waals surface area contributed by atoms with Crippen LogP contribution in [0.4, 0.5) is 0 Å². The third-order valence-corrected chi connectivity index (χ3v) is 4.21. The molecule has 1 atom stereocenters. The Hall–Kier alpha value is -2.03. The first kappa shape index (κ1) is 13.0. The van der Waals surface area contributed by atoms with Crippen LogP contribution in [0.15, 0.2) is 47.3 Å². The number of benzene rings is 1. The molecule has 0 aliphatic heterocycles. The smallest absolute Gasteiger partial charge is 0.255 e. The second kappa shape index (κ2) is 4.82. The predicted molar refractivity (Wildman–Crippen MR) is 77.6 cm³/mol. The molecule has 0 saturated heterocycles. The maximum atomic E-state index is 12.2. The molecule has 2 aromatic rings. The third-order valence-electron chi connectivity index (χ3n) is 4.21. The number of hydrogen-bond acceptors (Lipinski definition) is 2. The minimum absolute atomic E-state index is 0.0711. The molecule has 1 amide bonds. The van der Waals surface area contributed by atoms with Gasteiger partial charge in [0.15, 0.2) is 0 Å². The minimum atomic E-state index is -0.0711. The van der Waals surface area contributed by atoms with Gasteiger partial charge >= 0.3 is 0 Å². The summed E-state index contributed by atoms with van der Waals surface area (Å²) >= 11 is 0. The molecule has 104 valence electrons. The maximum Gasteiger partial charge on any atom is 0.255 e. The van der Waals surface area contributed by atoms with Crippen molar-refractivity contribution in [2.45, 2.75) is 38.1 Å². The normalized spacial score (nSPS) is 20.2. The van der Waals surface area contributed by atoms with Crippen molar-refractivity contribution >= 4 is 5.91 Å². The molecular weight excluding hydrogens is 250 g/mol. The van der Waals surface area contributed by atoms with E-state index < -0.39 is 0 Å². The van der Waals surface area contributed by atoms with Gasteiger partial charge in [-0.2, -0.15) is 0 Å². The lowest BCUT2D eigenvalue weighted by atomic mass is 9.71. The number of rotatable bonds is 2. The highest BCUT2D eigenvalue weighted by atomic mass is 16.3. The zero-order valence-corrected chi connectivity index (χ0v) is 11.8. The van der Waals surface area contributed by atoms with Crippen LogP contribution in [0, 0.1) is 0 Å². The van der Waals surface area contributed by atoms with Gasteiger partial charge in [-0.1, -0.05) is 38.1 Å². The number of nitrogens with one attached hydrogen (secondary N) is 1. The topological polar surface area (TPSA) is 42.2 Å². The summed E-state index contributed by atoms with van der Waals surface area (Å²) < 4.78 is 4.97. The number of amides is 1. The molecule has 0 bridgehead atoms. The number of carbonyl (C=O) groups excluding carboxylic acids is 1. The molecule has 1 aliphatic carbocycles. The average molecular weight is 269 g/mol. The fourth-order valence-corrected chi connectivity index (χ4v) is 3.00. The van der Waals surface area contributed by atoms with Crippen molar-refractivity contribution in [3.63, 3.8) is 0 Å². The molecule has 3 heteroatoms. The van der Waals surface area contributed by atoms with Crippen LogP contribution in [0.2, 0.25) is 0 Å². The van der Waals surface area contributed by atoms with Gasteiger partial charge in [-0.3, -0.25) is 4.79 Å². The van der Waals surface area contributed by atoms with Gasteiger partial charge in [-0.05, 0) is 35.4 Å². The summed E-state index contributed by atoms with van der Waals surface area (Å²) in [5, 5.41) is 3.12. The van der Waals surface area contributed by atoms with Crippen LogP contribution in [-0.2, 0) is 5.41 Å². The maximum absolute atomic E-state index is 12.2. The van der Waals surface area contributed by atoms with Crippen molar-refractivity contribution in [3.8, 4) is 0 Å². The van der Waals surface area contributed by atoms with Crippen LogP contribution >= 0.6 is 0 Å². The molecular formula is C17H19NO2. The van der Waals surface area contributed by atoms with E-state index in [-0.39, 0.29) is 17.4 Å². The van der Waals surface area contributed by atoms with E-state index in [2.05, 4.69) is 37.4 Å². The van der Waals surface area contributed by atoms with E-state index in [1.54, 1.807) is 6.07 Å². The lowest BCUT2D eigenvalue weighted by molar-refractivity contribution is 0.0929. The molecule has 1 aliphatic rings. The van der Waals surface area contributed by atoms with E-state index >= 15 is 0 Å². The Balaban J connectivity index is 1.87. The quantitative estimate of drug-likeness (QED) is 0.900. The summed E-state index contributed by atoms with van der Waals surface area (Å²) in [6.45, 7) is 4.53. The van der Waals surface area contributed by atoms with Crippen LogP contribution in [-0.4, -0.2) is 5.91 Å². The second-order valence-corrected chi connectivity index (χ2v) is 6.05. The predicted octanol–water partition coefficient (Wildman–Crippen LogP) is 3.82. The lowest BCUT2D eigenvalue weighted by Crippen LogP contribution is -2.35. The number of furan rings is 1. The van der Waals surface area contributed by atoms with Crippen molar-refractivity contribution < 1.29 is 9.21 Å². The number of fused-ring (bicyclic) bond motifs is 1. The highest BCUT2D eigenvalue weighted by Gasteiger charge is 2.32. The molecule has 20 heavy (non-hydrogen) atoms. The molecule has 0 fully saturated rings. The van der Waals surface area contributed by atoms with E-state index in [4.69, 9.17) is 4.42 Å². The highest BCUT2D eigenvalue weighted by Crippen LogP contribution is 2.41. The van der Waals surface area contributed by atoms with Crippen LogP contribution in [0.25, 0.3) is 0 Å². The van der Waals surface area contributed by atoms with Gasteiger partial charge in [0.1, 0.15) is 6.26 Å². The summed E-state index contributed by atoms with van der Waals surface area (Å²) in [4.78, 5) is 12.2. The fourth-order valence-electron chi connectivity index (χ4n) is 3.00. The Bertz CT molecular complexity index is 614. The lowest BCUT2D eigenvalue weighted by Gasteiger charge is -2.37. The van der Waals surface area contributed by atoms with E-state index in [9.17, 15) is 4.79 Å². The molecule has 1 N–H and O–H groups in total.